The fourth-order valence-electron chi connectivity index (χ4n) is 2.73. The van der Waals surface area contributed by atoms with E-state index in [1.54, 1.807) is 4.90 Å². The van der Waals surface area contributed by atoms with Crippen LogP contribution in [0.2, 0.25) is 0 Å². The molecular formula is C14H25N3O3. The minimum absolute atomic E-state index is 0.0624. The lowest BCUT2D eigenvalue weighted by atomic mass is 9.88. The van der Waals surface area contributed by atoms with Crippen LogP contribution in [0.3, 0.4) is 0 Å². The number of piperazine rings is 1. The van der Waals surface area contributed by atoms with Crippen LogP contribution in [0.25, 0.3) is 0 Å². The summed E-state index contributed by atoms with van der Waals surface area (Å²) in [4.78, 5) is 24.9. The Labute approximate surface area is 120 Å². The summed E-state index contributed by atoms with van der Waals surface area (Å²) in [5.41, 5.74) is -0.441. The lowest BCUT2D eigenvalue weighted by Crippen LogP contribution is -2.56. The maximum absolute atomic E-state index is 12.0. The summed E-state index contributed by atoms with van der Waals surface area (Å²) < 4.78 is 5.39. The maximum Gasteiger partial charge on any atom is 0.410 e. The molecule has 2 saturated heterocycles. The van der Waals surface area contributed by atoms with Gasteiger partial charge in [-0.3, -0.25) is 4.79 Å². The lowest BCUT2D eigenvalue weighted by Gasteiger charge is -2.38. The number of carbonyl (C=O) groups is 2. The molecule has 0 bridgehead atoms. The van der Waals surface area contributed by atoms with Gasteiger partial charge in [-0.15, -0.1) is 0 Å². The normalized spacial score (nSPS) is 25.2. The second-order valence-electron chi connectivity index (χ2n) is 6.60. The number of likely N-dealkylation sites (tertiary alicyclic amines) is 1. The maximum atomic E-state index is 12.0. The second-order valence-corrected chi connectivity index (χ2v) is 6.60. The molecule has 114 valence electrons. The summed E-state index contributed by atoms with van der Waals surface area (Å²) in [6.45, 7) is 8.19. The van der Waals surface area contributed by atoms with Crippen molar-refractivity contribution in [3.8, 4) is 0 Å². The molecule has 0 spiro atoms. The van der Waals surface area contributed by atoms with Gasteiger partial charge in [0.2, 0.25) is 5.91 Å². The first-order valence-corrected chi connectivity index (χ1v) is 7.33. The van der Waals surface area contributed by atoms with Crippen molar-refractivity contribution >= 4 is 12.0 Å². The summed E-state index contributed by atoms with van der Waals surface area (Å²) in [5, 5.41) is 6.16. The summed E-state index contributed by atoms with van der Waals surface area (Å²) in [6, 6.07) is 0.327. The van der Waals surface area contributed by atoms with Gasteiger partial charge in [0.1, 0.15) is 5.60 Å². The molecule has 6 heteroatoms. The molecule has 0 saturated carbocycles. The number of piperidine rings is 1. The SMILES string of the molecule is CC(C)(C)OC(=O)N1CCC(C2CNC(=O)CN2)CC1. The molecule has 2 aliphatic rings. The Bertz CT molecular complexity index is 360. The van der Waals surface area contributed by atoms with Gasteiger partial charge >= 0.3 is 6.09 Å². The molecule has 0 aromatic carbocycles. The third-order valence-electron chi connectivity index (χ3n) is 3.80. The molecule has 2 rings (SSSR count). The topological polar surface area (TPSA) is 70.7 Å². The van der Waals surface area contributed by atoms with Crippen LogP contribution in [0.5, 0.6) is 0 Å². The van der Waals surface area contributed by atoms with Gasteiger partial charge in [-0.2, -0.15) is 0 Å². The number of ether oxygens (including phenoxy) is 1. The number of amides is 2. The van der Waals surface area contributed by atoms with Gasteiger partial charge < -0.3 is 20.3 Å². The lowest BCUT2D eigenvalue weighted by molar-refractivity contribution is -0.122. The number of hydrogen-bond acceptors (Lipinski definition) is 4. The zero-order valence-corrected chi connectivity index (χ0v) is 12.6. The van der Waals surface area contributed by atoms with Crippen LogP contribution >= 0.6 is 0 Å². The molecular weight excluding hydrogens is 258 g/mol. The largest absolute Gasteiger partial charge is 0.444 e. The molecule has 1 unspecified atom stereocenters. The Morgan fingerprint density at radius 1 is 1.30 bits per heavy atom. The van der Waals surface area contributed by atoms with E-state index in [-0.39, 0.29) is 12.0 Å². The molecule has 0 aromatic rings. The molecule has 1 atom stereocenters. The van der Waals surface area contributed by atoms with Gasteiger partial charge in [0.05, 0.1) is 6.54 Å². The van der Waals surface area contributed by atoms with E-state index in [1.165, 1.54) is 0 Å². The van der Waals surface area contributed by atoms with E-state index in [4.69, 9.17) is 4.74 Å². The zero-order chi connectivity index (χ0) is 14.8. The van der Waals surface area contributed by atoms with Gasteiger partial charge in [-0.05, 0) is 39.5 Å². The summed E-state index contributed by atoms with van der Waals surface area (Å²) in [6.07, 6.45) is 1.68. The molecule has 0 radical (unpaired) electrons. The van der Waals surface area contributed by atoms with Crippen LogP contribution in [0.1, 0.15) is 33.6 Å². The first-order chi connectivity index (χ1) is 9.35. The van der Waals surface area contributed by atoms with E-state index < -0.39 is 5.60 Å². The minimum Gasteiger partial charge on any atom is -0.444 e. The van der Waals surface area contributed by atoms with Gasteiger partial charge in [-0.25, -0.2) is 4.79 Å². The van der Waals surface area contributed by atoms with E-state index in [2.05, 4.69) is 10.6 Å². The number of rotatable bonds is 1. The Morgan fingerprint density at radius 2 is 1.95 bits per heavy atom. The standard InChI is InChI=1S/C14H25N3O3/c1-14(2,3)20-13(19)17-6-4-10(5-7-17)11-8-16-12(18)9-15-11/h10-11,15H,4-9H2,1-3H3,(H,16,18). The smallest absolute Gasteiger partial charge is 0.410 e. The van der Waals surface area contributed by atoms with Crippen molar-refractivity contribution in [1.82, 2.24) is 15.5 Å². The van der Waals surface area contributed by atoms with E-state index >= 15 is 0 Å². The first-order valence-electron chi connectivity index (χ1n) is 7.33. The van der Waals surface area contributed by atoms with Crippen molar-refractivity contribution in [1.29, 1.82) is 0 Å². The van der Waals surface area contributed by atoms with Crippen molar-refractivity contribution in [2.45, 2.75) is 45.3 Å². The third-order valence-corrected chi connectivity index (χ3v) is 3.80. The Morgan fingerprint density at radius 3 is 2.45 bits per heavy atom. The highest BCUT2D eigenvalue weighted by molar-refractivity contribution is 5.78. The van der Waals surface area contributed by atoms with Crippen LogP contribution in [0, 0.1) is 5.92 Å². The molecule has 2 amide bonds. The predicted molar refractivity (Wildman–Crippen MR) is 75.3 cm³/mol. The molecule has 6 nitrogen and oxygen atoms in total. The van der Waals surface area contributed by atoms with Gasteiger partial charge in [0.15, 0.2) is 0 Å². The van der Waals surface area contributed by atoms with Crippen LogP contribution in [-0.2, 0) is 9.53 Å². The van der Waals surface area contributed by atoms with Crippen LogP contribution in [0.4, 0.5) is 4.79 Å². The van der Waals surface area contributed by atoms with E-state index in [0.29, 0.717) is 25.0 Å². The van der Waals surface area contributed by atoms with Crippen LogP contribution < -0.4 is 10.6 Å². The van der Waals surface area contributed by atoms with E-state index in [0.717, 1.165) is 25.9 Å². The molecule has 0 aromatic heterocycles. The number of carbonyl (C=O) groups excluding carboxylic acids is 2. The summed E-state index contributed by atoms with van der Waals surface area (Å²) in [7, 11) is 0. The summed E-state index contributed by atoms with van der Waals surface area (Å²) >= 11 is 0. The average molecular weight is 283 g/mol. The average Bonchev–Trinajstić information content (AvgIpc) is 2.38. The third kappa shape index (κ3) is 4.10. The predicted octanol–water partition coefficient (Wildman–Crippen LogP) is 0.722. The molecule has 2 N–H and O–H groups in total. The second kappa shape index (κ2) is 5.99. The van der Waals surface area contributed by atoms with Crippen molar-refractivity contribution in [3.63, 3.8) is 0 Å². The van der Waals surface area contributed by atoms with Crippen molar-refractivity contribution < 1.29 is 14.3 Å². The Hall–Kier alpha value is -1.30. The highest BCUT2D eigenvalue weighted by Gasteiger charge is 2.32. The van der Waals surface area contributed by atoms with Gasteiger partial charge in [0.25, 0.3) is 0 Å². The fraction of sp³-hybridized carbons (Fsp3) is 0.857. The van der Waals surface area contributed by atoms with Crippen LogP contribution in [-0.4, -0.2) is 54.7 Å². The van der Waals surface area contributed by atoms with Crippen molar-refractivity contribution in [2.24, 2.45) is 5.92 Å². The molecule has 2 fully saturated rings. The van der Waals surface area contributed by atoms with Crippen molar-refractivity contribution in [2.75, 3.05) is 26.2 Å². The minimum atomic E-state index is -0.441. The molecule has 2 heterocycles. The number of nitrogens with zero attached hydrogens (tertiary/aromatic N) is 1. The monoisotopic (exact) mass is 283 g/mol. The van der Waals surface area contributed by atoms with E-state index in [1.807, 2.05) is 20.8 Å². The molecule has 0 aliphatic carbocycles. The van der Waals surface area contributed by atoms with E-state index in [9.17, 15) is 9.59 Å². The zero-order valence-electron chi connectivity index (χ0n) is 12.6. The molecule has 2 aliphatic heterocycles. The number of hydrogen-bond donors (Lipinski definition) is 2. The van der Waals surface area contributed by atoms with Crippen molar-refractivity contribution in [3.05, 3.63) is 0 Å². The van der Waals surface area contributed by atoms with Gasteiger partial charge in [-0.1, -0.05) is 0 Å². The Kier molecular flexibility index (Phi) is 4.52. The van der Waals surface area contributed by atoms with Gasteiger partial charge in [0, 0.05) is 25.7 Å². The first kappa shape index (κ1) is 15.1. The highest BCUT2D eigenvalue weighted by atomic mass is 16.6. The quantitative estimate of drug-likeness (QED) is 0.744. The molecule has 20 heavy (non-hydrogen) atoms. The fourth-order valence-corrected chi connectivity index (χ4v) is 2.73. The Balaban J connectivity index is 1.77. The summed E-state index contributed by atoms with van der Waals surface area (Å²) in [5.74, 6) is 0.571. The number of nitrogens with one attached hydrogen (secondary N) is 2. The van der Waals surface area contributed by atoms with Crippen LogP contribution in [0.15, 0.2) is 0 Å². The highest BCUT2D eigenvalue weighted by Crippen LogP contribution is 2.22.